The number of carbonyl (C=O) groups is 1. The van der Waals surface area contributed by atoms with Gasteiger partial charge in [-0.2, -0.15) is 0 Å². The Bertz CT molecular complexity index is 1840. The molecule has 1 N–H and O–H groups in total. The van der Waals surface area contributed by atoms with Crippen molar-refractivity contribution in [1.29, 1.82) is 0 Å². The number of fused-ring (bicyclic) bond motifs is 1. The highest BCUT2D eigenvalue weighted by atomic mass is 16.5. The predicted molar refractivity (Wildman–Crippen MR) is 192 cm³/mol. The van der Waals surface area contributed by atoms with E-state index in [1.807, 2.05) is 79.4 Å². The molecule has 0 radical (unpaired) electrons. The summed E-state index contributed by atoms with van der Waals surface area (Å²) in [6, 6.07) is 30.6. The fourth-order valence-electron chi connectivity index (χ4n) is 6.19. The first kappa shape index (κ1) is 33.5. The van der Waals surface area contributed by atoms with Gasteiger partial charge in [-0.25, -0.2) is 9.78 Å². The molecular formula is C40H46N4O3. The number of urea groups is 1. The number of amides is 2. The van der Waals surface area contributed by atoms with E-state index in [-0.39, 0.29) is 23.4 Å². The van der Waals surface area contributed by atoms with Gasteiger partial charge in [-0.1, -0.05) is 95.3 Å². The average molecular weight is 631 g/mol. The van der Waals surface area contributed by atoms with Crippen molar-refractivity contribution in [2.45, 2.75) is 72.3 Å². The van der Waals surface area contributed by atoms with E-state index in [1.54, 1.807) is 10.6 Å². The van der Waals surface area contributed by atoms with Crippen molar-refractivity contribution in [3.05, 3.63) is 130 Å². The summed E-state index contributed by atoms with van der Waals surface area (Å²) in [7, 11) is 0. The van der Waals surface area contributed by atoms with Crippen LogP contribution in [0.15, 0.2) is 102 Å². The molecule has 1 heterocycles. The van der Waals surface area contributed by atoms with E-state index in [4.69, 9.17) is 9.72 Å². The monoisotopic (exact) mass is 630 g/mol. The molecule has 0 saturated carbocycles. The molecule has 0 aliphatic heterocycles. The SMILES string of the molecule is CCOc1ccc(-n2c(C(CC)N(CCc3ccccc3)C(=O)Nc3c(C(C)C)cccc3C(C)C)nc3ccccc3c2=O)cc1. The molecular weight excluding hydrogens is 584 g/mol. The van der Waals surface area contributed by atoms with Crippen molar-refractivity contribution in [2.75, 3.05) is 18.5 Å². The molecule has 5 rings (SSSR count). The van der Waals surface area contributed by atoms with Gasteiger partial charge >= 0.3 is 6.03 Å². The third-order valence-corrected chi connectivity index (χ3v) is 8.62. The van der Waals surface area contributed by atoms with Crippen LogP contribution >= 0.6 is 0 Å². The van der Waals surface area contributed by atoms with Gasteiger partial charge in [0.05, 0.1) is 29.2 Å². The molecule has 0 bridgehead atoms. The molecule has 1 atom stereocenters. The number of carbonyl (C=O) groups excluding carboxylic acids is 1. The number of hydrogen-bond acceptors (Lipinski definition) is 4. The van der Waals surface area contributed by atoms with Crippen LogP contribution in [0, 0.1) is 0 Å². The van der Waals surface area contributed by atoms with Crippen LogP contribution in [-0.2, 0) is 6.42 Å². The van der Waals surface area contributed by atoms with Gasteiger partial charge in [0.15, 0.2) is 0 Å². The summed E-state index contributed by atoms with van der Waals surface area (Å²) in [5.74, 6) is 1.68. The molecule has 4 aromatic carbocycles. The highest BCUT2D eigenvalue weighted by Crippen LogP contribution is 2.34. The van der Waals surface area contributed by atoms with E-state index >= 15 is 0 Å². The molecule has 0 spiro atoms. The van der Waals surface area contributed by atoms with Crippen molar-refractivity contribution in [2.24, 2.45) is 0 Å². The second-order valence-corrected chi connectivity index (χ2v) is 12.5. The highest BCUT2D eigenvalue weighted by Gasteiger charge is 2.30. The fourth-order valence-corrected chi connectivity index (χ4v) is 6.19. The van der Waals surface area contributed by atoms with Gasteiger partial charge in [0.25, 0.3) is 5.56 Å². The maximum absolute atomic E-state index is 14.7. The smallest absolute Gasteiger partial charge is 0.322 e. The Kier molecular flexibility index (Phi) is 10.8. The van der Waals surface area contributed by atoms with Crippen molar-refractivity contribution in [1.82, 2.24) is 14.5 Å². The minimum absolute atomic E-state index is 0.177. The fraction of sp³-hybridized carbons (Fsp3) is 0.325. The van der Waals surface area contributed by atoms with Crippen LogP contribution in [0.4, 0.5) is 10.5 Å². The minimum atomic E-state index is -0.503. The lowest BCUT2D eigenvalue weighted by Gasteiger charge is -2.33. The van der Waals surface area contributed by atoms with Gasteiger partial charge < -0.3 is 15.0 Å². The lowest BCUT2D eigenvalue weighted by molar-refractivity contribution is 0.182. The van der Waals surface area contributed by atoms with Crippen LogP contribution in [0.5, 0.6) is 5.75 Å². The molecule has 0 aliphatic carbocycles. The summed E-state index contributed by atoms with van der Waals surface area (Å²) in [6.45, 7) is 13.5. The number of nitrogens with one attached hydrogen (secondary N) is 1. The molecule has 0 fully saturated rings. The largest absolute Gasteiger partial charge is 0.494 e. The van der Waals surface area contributed by atoms with Crippen molar-refractivity contribution in [3.63, 3.8) is 0 Å². The van der Waals surface area contributed by atoms with Crippen molar-refractivity contribution in [3.8, 4) is 11.4 Å². The summed E-state index contributed by atoms with van der Waals surface area (Å²) < 4.78 is 7.35. The number of ether oxygens (including phenoxy) is 1. The topological polar surface area (TPSA) is 76.5 Å². The van der Waals surface area contributed by atoms with Crippen LogP contribution in [-0.4, -0.2) is 33.6 Å². The first-order chi connectivity index (χ1) is 22.7. The Morgan fingerprint density at radius 2 is 1.47 bits per heavy atom. The number of aromatic nitrogens is 2. The maximum Gasteiger partial charge on any atom is 0.322 e. The molecule has 2 amide bonds. The molecule has 0 saturated heterocycles. The van der Waals surface area contributed by atoms with Gasteiger partial charge in [0.1, 0.15) is 11.6 Å². The minimum Gasteiger partial charge on any atom is -0.494 e. The van der Waals surface area contributed by atoms with E-state index in [0.717, 1.165) is 28.1 Å². The van der Waals surface area contributed by atoms with Crippen molar-refractivity contribution >= 4 is 22.6 Å². The van der Waals surface area contributed by atoms with Gasteiger partial charge in [0, 0.05) is 12.2 Å². The summed E-state index contributed by atoms with van der Waals surface area (Å²) in [6.07, 6.45) is 1.20. The lowest BCUT2D eigenvalue weighted by Crippen LogP contribution is -2.42. The quantitative estimate of drug-likeness (QED) is 0.149. The number of hydrogen-bond donors (Lipinski definition) is 1. The van der Waals surface area contributed by atoms with Crippen LogP contribution in [0.2, 0.25) is 0 Å². The van der Waals surface area contributed by atoms with E-state index in [2.05, 4.69) is 63.3 Å². The normalized spacial score (nSPS) is 12.0. The van der Waals surface area contributed by atoms with E-state index in [1.165, 1.54) is 0 Å². The molecule has 1 aromatic heterocycles. The van der Waals surface area contributed by atoms with Crippen LogP contribution in [0.3, 0.4) is 0 Å². The summed E-state index contributed by atoms with van der Waals surface area (Å²) in [4.78, 5) is 35.9. The number of nitrogens with zero attached hydrogens (tertiary/aromatic N) is 3. The van der Waals surface area contributed by atoms with E-state index in [0.29, 0.717) is 48.4 Å². The lowest BCUT2D eigenvalue weighted by atomic mass is 9.92. The van der Waals surface area contributed by atoms with Gasteiger partial charge in [0.2, 0.25) is 0 Å². The van der Waals surface area contributed by atoms with Gasteiger partial charge in [-0.3, -0.25) is 9.36 Å². The molecule has 47 heavy (non-hydrogen) atoms. The second-order valence-electron chi connectivity index (χ2n) is 12.5. The molecule has 244 valence electrons. The molecule has 0 aliphatic rings. The Hall–Kier alpha value is -4.91. The highest BCUT2D eigenvalue weighted by molar-refractivity contribution is 5.92. The second kappa shape index (κ2) is 15.1. The summed E-state index contributed by atoms with van der Waals surface area (Å²) in [5.41, 5.74) is 5.26. The first-order valence-electron chi connectivity index (χ1n) is 16.7. The molecule has 5 aromatic rings. The maximum atomic E-state index is 14.7. The van der Waals surface area contributed by atoms with Crippen LogP contribution in [0.1, 0.15) is 88.4 Å². The van der Waals surface area contributed by atoms with Crippen LogP contribution < -0.4 is 15.6 Å². The number of rotatable bonds is 12. The zero-order valence-electron chi connectivity index (χ0n) is 28.4. The molecule has 7 heteroatoms. The number of para-hydroxylation sites is 2. The standard InChI is InChI=1S/C40H46N4O3/c1-7-36(38-41-35-20-13-12-17-34(35)39(45)44(38)30-21-23-31(24-22-30)47-8-2)43(26-25-29-15-10-9-11-16-29)40(46)42-37-32(27(3)4)18-14-19-33(37)28(5)6/h9-24,27-28,36H,7-8,25-26H2,1-6H3,(H,42,46). The molecule has 7 nitrogen and oxygen atoms in total. The van der Waals surface area contributed by atoms with Crippen molar-refractivity contribution < 1.29 is 9.53 Å². The van der Waals surface area contributed by atoms with Crippen LogP contribution in [0.25, 0.3) is 16.6 Å². The van der Waals surface area contributed by atoms with E-state index in [9.17, 15) is 9.59 Å². The van der Waals surface area contributed by atoms with Gasteiger partial charge in [-0.15, -0.1) is 0 Å². The summed E-state index contributed by atoms with van der Waals surface area (Å²) >= 11 is 0. The third kappa shape index (κ3) is 7.40. The Morgan fingerprint density at radius 3 is 2.09 bits per heavy atom. The number of benzene rings is 4. The summed E-state index contributed by atoms with van der Waals surface area (Å²) in [5, 5.41) is 3.87. The number of anilines is 1. The zero-order chi connectivity index (χ0) is 33.5. The Balaban J connectivity index is 1.66. The zero-order valence-corrected chi connectivity index (χ0v) is 28.4. The molecule has 1 unspecified atom stereocenters. The van der Waals surface area contributed by atoms with E-state index < -0.39 is 6.04 Å². The predicted octanol–water partition coefficient (Wildman–Crippen LogP) is 9.26. The Morgan fingerprint density at radius 1 is 0.830 bits per heavy atom. The Labute approximate surface area is 278 Å². The average Bonchev–Trinajstić information content (AvgIpc) is 3.07. The van der Waals surface area contributed by atoms with Gasteiger partial charge in [-0.05, 0) is 84.7 Å². The first-order valence-corrected chi connectivity index (χ1v) is 16.7. The third-order valence-electron chi connectivity index (χ3n) is 8.62.